The normalized spacial score (nSPS) is 15.4. The second kappa shape index (κ2) is 8.84. The van der Waals surface area contributed by atoms with E-state index in [0.29, 0.717) is 22.6 Å². The van der Waals surface area contributed by atoms with E-state index in [2.05, 4.69) is 20.0 Å². The molecule has 9 nitrogen and oxygen atoms in total. The number of nitrogens with one attached hydrogen (secondary N) is 2. The standard InChI is InChI=1S/C21H21ClF2N6O3S/c1-13-5-14(19(31)27-16-6-15(22)7-17(8-16)28-34(2,32)33)11-30(13)20-25-9-18(10-26-20)29-4-3-21(23,24)12-29/h5-11,28H,3-4,12H2,1-2H3,(H,27,31). The zero-order valence-corrected chi connectivity index (χ0v) is 19.8. The van der Waals surface area contributed by atoms with Crippen LogP contribution < -0.4 is 14.9 Å². The van der Waals surface area contributed by atoms with E-state index in [9.17, 15) is 22.0 Å². The molecule has 0 atom stereocenters. The van der Waals surface area contributed by atoms with Gasteiger partial charge in [-0.25, -0.2) is 27.2 Å². The molecule has 3 aromatic rings. The second-order valence-electron chi connectivity index (χ2n) is 8.07. The first-order valence-corrected chi connectivity index (χ1v) is 12.4. The van der Waals surface area contributed by atoms with Crippen LogP contribution in [0, 0.1) is 6.92 Å². The van der Waals surface area contributed by atoms with Gasteiger partial charge in [0.1, 0.15) is 0 Å². The van der Waals surface area contributed by atoms with E-state index in [1.165, 1.54) is 35.5 Å². The molecule has 2 N–H and O–H groups in total. The number of halogens is 3. The lowest BCUT2D eigenvalue weighted by atomic mass is 10.2. The van der Waals surface area contributed by atoms with Crippen LogP contribution in [0.1, 0.15) is 22.5 Å². The van der Waals surface area contributed by atoms with Gasteiger partial charge in [-0.15, -0.1) is 0 Å². The van der Waals surface area contributed by atoms with E-state index in [0.717, 1.165) is 6.26 Å². The topological polar surface area (TPSA) is 109 Å². The molecule has 0 spiro atoms. The van der Waals surface area contributed by atoms with Crippen molar-refractivity contribution in [2.24, 2.45) is 0 Å². The fourth-order valence-electron chi connectivity index (χ4n) is 3.61. The van der Waals surface area contributed by atoms with Crippen molar-refractivity contribution in [3.63, 3.8) is 0 Å². The third kappa shape index (κ3) is 5.62. The van der Waals surface area contributed by atoms with Gasteiger partial charge in [0.2, 0.25) is 16.0 Å². The summed E-state index contributed by atoms with van der Waals surface area (Å²) >= 11 is 6.04. The van der Waals surface area contributed by atoms with Gasteiger partial charge in [0.25, 0.3) is 11.8 Å². The quantitative estimate of drug-likeness (QED) is 0.523. The number of hydrogen-bond acceptors (Lipinski definition) is 6. The molecule has 0 radical (unpaired) electrons. The molecule has 13 heteroatoms. The number of aryl methyl sites for hydroxylation is 1. The van der Waals surface area contributed by atoms with Crippen molar-refractivity contribution in [1.82, 2.24) is 14.5 Å². The Hall–Kier alpha value is -3.25. The van der Waals surface area contributed by atoms with Gasteiger partial charge in [0, 0.05) is 35.6 Å². The number of benzene rings is 1. The summed E-state index contributed by atoms with van der Waals surface area (Å²) in [7, 11) is -3.52. The van der Waals surface area contributed by atoms with Crippen LogP contribution in [0.5, 0.6) is 0 Å². The molecule has 1 saturated heterocycles. The van der Waals surface area contributed by atoms with Crippen LogP contribution in [0.15, 0.2) is 42.9 Å². The van der Waals surface area contributed by atoms with E-state index >= 15 is 0 Å². The van der Waals surface area contributed by atoms with Crippen LogP contribution in [0.4, 0.5) is 25.8 Å². The summed E-state index contributed by atoms with van der Waals surface area (Å²) < 4.78 is 53.8. The molecule has 2 aromatic heterocycles. The lowest BCUT2D eigenvalue weighted by Gasteiger charge is -2.17. The largest absolute Gasteiger partial charge is 0.363 e. The molecular formula is C21H21ClF2N6O3S. The molecule has 1 aliphatic heterocycles. The fourth-order valence-corrected chi connectivity index (χ4v) is 4.39. The fraction of sp³-hybridized carbons (Fsp3) is 0.286. The van der Waals surface area contributed by atoms with Gasteiger partial charge in [-0.2, -0.15) is 0 Å². The van der Waals surface area contributed by atoms with Crippen molar-refractivity contribution in [2.45, 2.75) is 19.3 Å². The number of carbonyl (C=O) groups excluding carboxylic acids is 1. The Labute approximate surface area is 199 Å². The summed E-state index contributed by atoms with van der Waals surface area (Å²) in [6.07, 6.45) is 5.30. The maximum absolute atomic E-state index is 13.5. The van der Waals surface area contributed by atoms with Gasteiger partial charge in [-0.3, -0.25) is 14.1 Å². The number of amides is 1. The van der Waals surface area contributed by atoms with Crippen LogP contribution >= 0.6 is 11.6 Å². The first-order valence-electron chi connectivity index (χ1n) is 10.1. The molecular weight excluding hydrogens is 490 g/mol. The zero-order chi connectivity index (χ0) is 24.7. The van der Waals surface area contributed by atoms with Crippen LogP contribution in [0.2, 0.25) is 5.02 Å². The van der Waals surface area contributed by atoms with E-state index in [-0.39, 0.29) is 36.2 Å². The molecule has 0 bridgehead atoms. The van der Waals surface area contributed by atoms with E-state index < -0.39 is 21.9 Å². The minimum atomic E-state index is -3.52. The highest BCUT2D eigenvalue weighted by Gasteiger charge is 2.38. The summed E-state index contributed by atoms with van der Waals surface area (Å²) in [5.41, 5.74) is 2.00. The summed E-state index contributed by atoms with van der Waals surface area (Å²) in [4.78, 5) is 22.8. The molecule has 3 heterocycles. The van der Waals surface area contributed by atoms with E-state index in [4.69, 9.17) is 11.6 Å². The molecule has 4 rings (SSSR count). The van der Waals surface area contributed by atoms with Crippen molar-refractivity contribution in [1.29, 1.82) is 0 Å². The molecule has 180 valence electrons. The van der Waals surface area contributed by atoms with Crippen LogP contribution in [-0.2, 0) is 10.0 Å². The van der Waals surface area contributed by atoms with Crippen LogP contribution in [0.25, 0.3) is 5.95 Å². The second-order valence-corrected chi connectivity index (χ2v) is 10.3. The van der Waals surface area contributed by atoms with Gasteiger partial charge < -0.3 is 10.2 Å². The highest BCUT2D eigenvalue weighted by molar-refractivity contribution is 7.92. The van der Waals surface area contributed by atoms with Crippen LogP contribution in [-0.4, -0.2) is 54.1 Å². The minimum Gasteiger partial charge on any atom is -0.363 e. The van der Waals surface area contributed by atoms with Crippen molar-refractivity contribution in [3.05, 3.63) is 59.1 Å². The molecule has 34 heavy (non-hydrogen) atoms. The third-order valence-corrected chi connectivity index (χ3v) is 5.93. The zero-order valence-electron chi connectivity index (χ0n) is 18.2. The molecule has 0 aliphatic carbocycles. The number of anilines is 3. The third-order valence-electron chi connectivity index (χ3n) is 5.11. The van der Waals surface area contributed by atoms with Crippen molar-refractivity contribution in [3.8, 4) is 5.95 Å². The lowest BCUT2D eigenvalue weighted by Crippen LogP contribution is -2.25. The molecule has 1 aromatic carbocycles. The van der Waals surface area contributed by atoms with Crippen LogP contribution in [0.3, 0.4) is 0 Å². The Morgan fingerprint density at radius 1 is 1.15 bits per heavy atom. The van der Waals surface area contributed by atoms with Gasteiger partial charge in [0.15, 0.2) is 0 Å². The highest BCUT2D eigenvalue weighted by atomic mass is 35.5. The van der Waals surface area contributed by atoms with Crippen molar-refractivity contribution < 1.29 is 22.0 Å². The Morgan fingerprint density at radius 3 is 2.44 bits per heavy atom. The Kier molecular flexibility index (Phi) is 6.21. The number of rotatable bonds is 6. The first-order chi connectivity index (χ1) is 15.9. The summed E-state index contributed by atoms with van der Waals surface area (Å²) in [6, 6.07) is 5.98. The van der Waals surface area contributed by atoms with Gasteiger partial charge in [0.05, 0.1) is 42.1 Å². The predicted octanol–water partition coefficient (Wildman–Crippen LogP) is 3.70. The molecule has 0 saturated carbocycles. The molecule has 0 unspecified atom stereocenters. The number of alkyl halides is 2. The molecule has 1 fully saturated rings. The van der Waals surface area contributed by atoms with Crippen molar-refractivity contribution in [2.75, 3.05) is 34.3 Å². The summed E-state index contributed by atoms with van der Waals surface area (Å²) in [6.45, 7) is 1.63. The number of nitrogens with zero attached hydrogens (tertiary/aromatic N) is 4. The van der Waals surface area contributed by atoms with Gasteiger partial charge in [-0.1, -0.05) is 11.6 Å². The SMILES string of the molecule is Cc1cc(C(=O)Nc2cc(Cl)cc(NS(C)(=O)=O)c2)cn1-c1ncc(N2CCC(F)(F)C2)cn1. The lowest BCUT2D eigenvalue weighted by molar-refractivity contribution is 0.0257. The minimum absolute atomic E-state index is 0.206. The molecule has 1 amide bonds. The Balaban J connectivity index is 1.50. The van der Waals surface area contributed by atoms with Crippen molar-refractivity contribution >= 4 is 44.6 Å². The number of carbonyl (C=O) groups is 1. The average molecular weight is 511 g/mol. The Morgan fingerprint density at radius 2 is 1.82 bits per heavy atom. The summed E-state index contributed by atoms with van der Waals surface area (Å²) in [5.74, 6) is -2.89. The number of sulfonamides is 1. The average Bonchev–Trinajstić information content (AvgIpc) is 3.28. The maximum atomic E-state index is 13.5. The van der Waals surface area contributed by atoms with Gasteiger partial charge >= 0.3 is 0 Å². The monoisotopic (exact) mass is 510 g/mol. The smallest absolute Gasteiger partial charge is 0.266 e. The van der Waals surface area contributed by atoms with E-state index in [1.54, 1.807) is 23.8 Å². The predicted molar refractivity (Wildman–Crippen MR) is 126 cm³/mol. The van der Waals surface area contributed by atoms with E-state index in [1.807, 2.05) is 0 Å². The first kappa shape index (κ1) is 23.9. The van der Waals surface area contributed by atoms with Gasteiger partial charge in [-0.05, 0) is 31.2 Å². The number of hydrogen-bond donors (Lipinski definition) is 2. The number of aromatic nitrogens is 3. The maximum Gasteiger partial charge on any atom is 0.266 e. The summed E-state index contributed by atoms with van der Waals surface area (Å²) in [5, 5.41) is 2.92. The Bertz CT molecular complexity index is 1350. The highest BCUT2D eigenvalue weighted by Crippen LogP contribution is 2.30. The molecule has 1 aliphatic rings.